The van der Waals surface area contributed by atoms with Crippen LogP contribution in [0, 0.1) is 6.92 Å². The van der Waals surface area contributed by atoms with E-state index in [2.05, 4.69) is 41.7 Å². The Kier molecular flexibility index (Phi) is 6.11. The van der Waals surface area contributed by atoms with Gasteiger partial charge in [0, 0.05) is 11.4 Å². The summed E-state index contributed by atoms with van der Waals surface area (Å²) in [5, 5.41) is 11.2. The standard InChI is InChI=1S/C27H26N4O2S/c1-4-33-25(32)23-18(3)28-26-29-27(30-31(26)24(23)21-12-9-17(2)10-13-21)34-16-19-11-14-20-7-5-6-8-22(20)15-19/h5-15,24H,4,16H2,1-3H3,(H,28,29,30)/t24-/m0/s1. The number of hydrogen-bond acceptors (Lipinski definition) is 6. The SMILES string of the molecule is CCOC(=O)C1=C(C)Nc2nc(SCc3ccc4ccccc4c3)nn2[C@H]1c1ccc(C)cc1. The van der Waals surface area contributed by atoms with Crippen molar-refractivity contribution >= 4 is 34.5 Å². The third kappa shape index (κ3) is 4.31. The Labute approximate surface area is 203 Å². The van der Waals surface area contributed by atoms with Crippen molar-refractivity contribution in [2.75, 3.05) is 11.9 Å². The highest BCUT2D eigenvalue weighted by atomic mass is 32.2. The van der Waals surface area contributed by atoms with Crippen molar-refractivity contribution in [1.82, 2.24) is 14.8 Å². The second-order valence-corrected chi connectivity index (χ2v) is 9.27. The molecule has 1 aromatic heterocycles. The molecular weight excluding hydrogens is 444 g/mol. The molecule has 1 atom stereocenters. The largest absolute Gasteiger partial charge is 0.463 e. The van der Waals surface area contributed by atoms with Crippen molar-refractivity contribution in [3.8, 4) is 0 Å². The summed E-state index contributed by atoms with van der Waals surface area (Å²) in [4.78, 5) is 17.6. The Hall–Kier alpha value is -3.58. The van der Waals surface area contributed by atoms with Gasteiger partial charge in [-0.3, -0.25) is 0 Å². The van der Waals surface area contributed by atoms with Gasteiger partial charge in [-0.05, 0) is 42.7 Å². The van der Waals surface area contributed by atoms with Gasteiger partial charge in [0.2, 0.25) is 11.1 Å². The van der Waals surface area contributed by atoms with Crippen LogP contribution in [0.4, 0.5) is 5.95 Å². The van der Waals surface area contributed by atoms with E-state index < -0.39 is 6.04 Å². The van der Waals surface area contributed by atoms with Crippen molar-refractivity contribution in [3.63, 3.8) is 0 Å². The van der Waals surface area contributed by atoms with Gasteiger partial charge in [0.25, 0.3) is 0 Å². The fourth-order valence-corrected chi connectivity index (χ4v) is 4.97. The van der Waals surface area contributed by atoms with E-state index in [9.17, 15) is 4.79 Å². The van der Waals surface area contributed by atoms with Crippen LogP contribution < -0.4 is 5.32 Å². The first-order chi connectivity index (χ1) is 16.5. The number of nitrogens with one attached hydrogen (secondary N) is 1. The number of esters is 1. The van der Waals surface area contributed by atoms with Gasteiger partial charge in [-0.1, -0.05) is 84.1 Å². The first-order valence-corrected chi connectivity index (χ1v) is 12.3. The van der Waals surface area contributed by atoms with E-state index in [1.807, 2.05) is 51.1 Å². The van der Waals surface area contributed by atoms with Gasteiger partial charge in [-0.25, -0.2) is 9.48 Å². The number of aryl methyl sites for hydroxylation is 1. The van der Waals surface area contributed by atoms with E-state index in [-0.39, 0.29) is 5.97 Å². The number of fused-ring (bicyclic) bond motifs is 2. The van der Waals surface area contributed by atoms with Crippen LogP contribution in [0.3, 0.4) is 0 Å². The van der Waals surface area contributed by atoms with Gasteiger partial charge >= 0.3 is 5.97 Å². The molecule has 0 fully saturated rings. The summed E-state index contributed by atoms with van der Waals surface area (Å²) in [7, 11) is 0. The van der Waals surface area contributed by atoms with Crippen molar-refractivity contribution in [2.45, 2.75) is 37.7 Å². The predicted octanol–water partition coefficient (Wildman–Crippen LogP) is 5.88. The van der Waals surface area contributed by atoms with Crippen molar-refractivity contribution in [1.29, 1.82) is 0 Å². The number of rotatable bonds is 6. The minimum absolute atomic E-state index is 0.313. The fourth-order valence-electron chi connectivity index (χ4n) is 4.20. The molecule has 0 bridgehead atoms. The lowest BCUT2D eigenvalue weighted by atomic mass is 9.95. The molecule has 0 saturated heterocycles. The molecule has 1 aliphatic rings. The van der Waals surface area contributed by atoms with Crippen molar-refractivity contribution < 1.29 is 9.53 Å². The minimum Gasteiger partial charge on any atom is -0.463 e. The quantitative estimate of drug-likeness (QED) is 0.280. The number of hydrogen-bond donors (Lipinski definition) is 1. The van der Waals surface area contributed by atoms with Gasteiger partial charge in [0.1, 0.15) is 6.04 Å². The summed E-state index contributed by atoms with van der Waals surface area (Å²) in [6.45, 7) is 6.05. The van der Waals surface area contributed by atoms with Crippen LogP contribution in [0.1, 0.15) is 36.6 Å². The zero-order valence-electron chi connectivity index (χ0n) is 19.4. The van der Waals surface area contributed by atoms with Gasteiger partial charge in [-0.15, -0.1) is 5.10 Å². The zero-order chi connectivity index (χ0) is 23.7. The lowest BCUT2D eigenvalue weighted by Gasteiger charge is -2.28. The summed E-state index contributed by atoms with van der Waals surface area (Å²) >= 11 is 1.58. The number of carbonyl (C=O) groups is 1. The summed E-state index contributed by atoms with van der Waals surface area (Å²) in [5.41, 5.74) is 4.61. The highest BCUT2D eigenvalue weighted by Gasteiger charge is 2.35. The molecule has 1 N–H and O–H groups in total. The maximum atomic E-state index is 12.9. The number of thioether (sulfide) groups is 1. The molecule has 6 nitrogen and oxygen atoms in total. The van der Waals surface area contributed by atoms with E-state index in [1.165, 1.54) is 16.3 Å². The number of anilines is 1. The second kappa shape index (κ2) is 9.35. The van der Waals surface area contributed by atoms with E-state index in [0.29, 0.717) is 23.3 Å². The second-order valence-electron chi connectivity index (χ2n) is 8.33. The lowest BCUT2D eigenvalue weighted by molar-refractivity contribution is -0.139. The lowest BCUT2D eigenvalue weighted by Crippen LogP contribution is -2.29. The van der Waals surface area contributed by atoms with Gasteiger partial charge < -0.3 is 10.1 Å². The van der Waals surface area contributed by atoms with E-state index >= 15 is 0 Å². The number of ether oxygens (including phenoxy) is 1. The molecule has 0 aliphatic carbocycles. The Morgan fingerprint density at radius 2 is 1.82 bits per heavy atom. The predicted molar refractivity (Wildman–Crippen MR) is 136 cm³/mol. The molecule has 5 rings (SSSR count). The monoisotopic (exact) mass is 470 g/mol. The smallest absolute Gasteiger partial charge is 0.338 e. The molecule has 0 saturated carbocycles. The molecular formula is C27H26N4O2S. The highest BCUT2D eigenvalue weighted by Crippen LogP contribution is 2.37. The van der Waals surface area contributed by atoms with Crippen LogP contribution in [-0.4, -0.2) is 27.3 Å². The maximum absolute atomic E-state index is 12.9. The molecule has 34 heavy (non-hydrogen) atoms. The van der Waals surface area contributed by atoms with Crippen molar-refractivity contribution in [2.24, 2.45) is 0 Å². The maximum Gasteiger partial charge on any atom is 0.338 e. The molecule has 3 aromatic carbocycles. The number of allylic oxidation sites excluding steroid dienone is 1. The van der Waals surface area contributed by atoms with Gasteiger partial charge in [0.05, 0.1) is 12.2 Å². The number of carbonyl (C=O) groups excluding carboxylic acids is 1. The molecule has 0 spiro atoms. The van der Waals surface area contributed by atoms with Crippen molar-refractivity contribution in [3.05, 3.63) is 94.7 Å². The number of aromatic nitrogens is 3. The van der Waals surface area contributed by atoms with Crippen LogP contribution in [0.25, 0.3) is 10.8 Å². The first-order valence-electron chi connectivity index (χ1n) is 11.3. The Balaban J connectivity index is 1.46. The average molecular weight is 471 g/mol. The summed E-state index contributed by atoms with van der Waals surface area (Å²) in [6, 6.07) is 22.6. The first kappa shape index (κ1) is 22.2. The molecule has 2 heterocycles. The topological polar surface area (TPSA) is 69.0 Å². The molecule has 7 heteroatoms. The van der Waals surface area contributed by atoms with Crippen LogP contribution in [0.5, 0.6) is 0 Å². The van der Waals surface area contributed by atoms with Crippen LogP contribution in [0.15, 0.2) is 83.2 Å². The third-order valence-corrected chi connectivity index (χ3v) is 6.81. The number of benzene rings is 3. The minimum atomic E-state index is -0.404. The third-order valence-electron chi connectivity index (χ3n) is 5.90. The molecule has 1 aliphatic heterocycles. The highest BCUT2D eigenvalue weighted by molar-refractivity contribution is 7.98. The van der Waals surface area contributed by atoms with E-state index in [4.69, 9.17) is 14.8 Å². The van der Waals surface area contributed by atoms with Gasteiger partial charge in [0.15, 0.2) is 0 Å². The fraction of sp³-hybridized carbons (Fsp3) is 0.222. The summed E-state index contributed by atoms with van der Waals surface area (Å²) < 4.78 is 7.18. The van der Waals surface area contributed by atoms with Gasteiger partial charge in [-0.2, -0.15) is 4.98 Å². The Morgan fingerprint density at radius 3 is 2.59 bits per heavy atom. The number of nitrogens with zero attached hydrogens (tertiary/aromatic N) is 3. The van der Waals surface area contributed by atoms with E-state index in [0.717, 1.165) is 22.6 Å². The molecule has 4 aromatic rings. The normalized spacial score (nSPS) is 15.2. The van der Waals surface area contributed by atoms with Crippen LogP contribution >= 0.6 is 11.8 Å². The van der Waals surface area contributed by atoms with Crippen LogP contribution in [-0.2, 0) is 15.3 Å². The van der Waals surface area contributed by atoms with E-state index in [1.54, 1.807) is 16.4 Å². The molecule has 0 amide bonds. The van der Waals surface area contributed by atoms with Crippen LogP contribution in [0.2, 0.25) is 0 Å². The zero-order valence-corrected chi connectivity index (χ0v) is 20.2. The average Bonchev–Trinajstić information content (AvgIpc) is 3.25. The molecule has 172 valence electrons. The Morgan fingerprint density at radius 1 is 1.06 bits per heavy atom. The summed E-state index contributed by atoms with van der Waals surface area (Å²) in [5.74, 6) is 1.03. The molecule has 0 radical (unpaired) electrons. The Bertz CT molecular complexity index is 1390. The molecule has 0 unspecified atom stereocenters. The summed E-state index contributed by atoms with van der Waals surface area (Å²) in [6.07, 6.45) is 0.